The fourth-order valence-electron chi connectivity index (χ4n) is 0.990. The summed E-state index contributed by atoms with van der Waals surface area (Å²) < 4.78 is 4.31. The molecule has 0 spiro atoms. The summed E-state index contributed by atoms with van der Waals surface area (Å²) in [5, 5.41) is 11.5. The van der Waals surface area contributed by atoms with Crippen LogP contribution in [0.1, 0.15) is 11.1 Å². The molecule has 0 heterocycles. The van der Waals surface area contributed by atoms with Gasteiger partial charge in [-0.1, -0.05) is 11.1 Å². The Kier molecular flexibility index (Phi) is 3.56. The highest BCUT2D eigenvalue weighted by molar-refractivity contribution is 7.94. The first-order valence-electron chi connectivity index (χ1n) is 3.66. The molecule has 3 N–H and O–H groups in total. The van der Waals surface area contributed by atoms with Crippen molar-refractivity contribution in [3.05, 3.63) is 23.3 Å². The molecule has 0 aromatic heterocycles. The van der Waals surface area contributed by atoms with Gasteiger partial charge in [0.15, 0.2) is 0 Å². The number of nitrogen functional groups attached to an aromatic ring is 1. The molecule has 0 fully saturated rings. The van der Waals surface area contributed by atoms with Crippen LogP contribution >= 0.6 is 12.0 Å². The average molecular weight is 201 g/mol. The van der Waals surface area contributed by atoms with Gasteiger partial charge in [0.05, 0.1) is 12.0 Å². The monoisotopic (exact) mass is 201 g/mol. The largest absolute Gasteiger partial charge is 0.398 e. The van der Waals surface area contributed by atoms with Crippen LogP contribution in [0.5, 0.6) is 0 Å². The van der Waals surface area contributed by atoms with E-state index in [0.29, 0.717) is 5.69 Å². The Hall–Kier alpha value is -0.750. The lowest BCUT2D eigenvalue weighted by Crippen LogP contribution is -1.92. The second-order valence-electron chi connectivity index (χ2n) is 2.70. The third-order valence-electron chi connectivity index (χ3n) is 1.72. The Morgan fingerprint density at radius 2 is 2.00 bits per heavy atom. The molecular formula is C8H11NO3S. The van der Waals surface area contributed by atoms with Crippen molar-refractivity contribution in [2.24, 2.45) is 0 Å². The predicted octanol–water partition coefficient (Wildman–Crippen LogP) is 2.31. The molecule has 1 aromatic rings. The number of hydrogen-bond acceptors (Lipinski definition) is 5. The second kappa shape index (κ2) is 4.48. The maximum atomic E-state index is 7.97. The van der Waals surface area contributed by atoms with Crippen molar-refractivity contribution in [1.29, 1.82) is 0 Å². The van der Waals surface area contributed by atoms with Crippen molar-refractivity contribution in [3.8, 4) is 0 Å². The zero-order chi connectivity index (χ0) is 9.84. The van der Waals surface area contributed by atoms with Crippen LogP contribution in [0.2, 0.25) is 0 Å². The smallest absolute Gasteiger partial charge is 0.0718 e. The summed E-state index contributed by atoms with van der Waals surface area (Å²) in [7, 11) is 0. The van der Waals surface area contributed by atoms with Gasteiger partial charge >= 0.3 is 0 Å². The van der Waals surface area contributed by atoms with E-state index in [1.165, 1.54) is 0 Å². The maximum absolute atomic E-state index is 7.97. The van der Waals surface area contributed by atoms with Crippen LogP contribution < -0.4 is 5.73 Å². The predicted molar refractivity (Wildman–Crippen MR) is 51.0 cm³/mol. The van der Waals surface area contributed by atoms with E-state index in [4.69, 9.17) is 11.0 Å². The van der Waals surface area contributed by atoms with Crippen molar-refractivity contribution in [2.75, 3.05) is 5.73 Å². The molecule has 0 aliphatic carbocycles. The summed E-state index contributed by atoms with van der Waals surface area (Å²) in [4.78, 5) is 0.817. The lowest BCUT2D eigenvalue weighted by molar-refractivity contribution is -0.432. The van der Waals surface area contributed by atoms with Gasteiger partial charge in [0.2, 0.25) is 0 Å². The van der Waals surface area contributed by atoms with Crippen LogP contribution in [0.4, 0.5) is 5.69 Å². The van der Waals surface area contributed by atoms with Crippen LogP contribution in [-0.2, 0) is 9.37 Å². The minimum atomic E-state index is 0.689. The normalized spacial score (nSPS) is 10.4. The molecule has 4 nitrogen and oxygen atoms in total. The van der Waals surface area contributed by atoms with Gasteiger partial charge in [-0.25, -0.2) is 5.26 Å². The van der Waals surface area contributed by atoms with Crippen molar-refractivity contribution in [2.45, 2.75) is 18.7 Å². The molecule has 0 radical (unpaired) electrons. The van der Waals surface area contributed by atoms with E-state index >= 15 is 0 Å². The van der Waals surface area contributed by atoms with Crippen LogP contribution in [0, 0.1) is 13.8 Å². The van der Waals surface area contributed by atoms with Crippen LogP contribution in [0.25, 0.3) is 0 Å². The first kappa shape index (κ1) is 10.3. The number of benzene rings is 1. The first-order chi connectivity index (χ1) is 6.15. The SMILES string of the molecule is Cc1cc(C)c(SOOO)cc1N. The molecule has 0 unspecified atom stereocenters. The molecule has 1 aromatic carbocycles. The van der Waals surface area contributed by atoms with Gasteiger partial charge in [0, 0.05) is 10.6 Å². The lowest BCUT2D eigenvalue weighted by atomic mass is 10.1. The number of hydrogen-bond donors (Lipinski definition) is 2. The van der Waals surface area contributed by atoms with Crippen LogP contribution in [0.15, 0.2) is 17.0 Å². The third-order valence-corrected chi connectivity index (χ3v) is 2.47. The van der Waals surface area contributed by atoms with Gasteiger partial charge in [-0.2, -0.15) is 0 Å². The highest BCUT2D eigenvalue weighted by atomic mass is 32.2. The van der Waals surface area contributed by atoms with Gasteiger partial charge in [-0.15, -0.1) is 4.33 Å². The van der Waals surface area contributed by atoms with Crippen LogP contribution in [-0.4, -0.2) is 5.26 Å². The Bertz CT molecular complexity index is 304. The lowest BCUT2D eigenvalue weighted by Gasteiger charge is -2.06. The summed E-state index contributed by atoms with van der Waals surface area (Å²) in [5.41, 5.74) is 8.42. The number of nitrogens with two attached hydrogens (primary N) is 1. The molecule has 1 rings (SSSR count). The Morgan fingerprint density at radius 3 is 2.62 bits per heavy atom. The van der Waals surface area contributed by atoms with E-state index in [0.717, 1.165) is 28.1 Å². The molecule has 5 heteroatoms. The van der Waals surface area contributed by atoms with E-state index in [1.54, 1.807) is 6.07 Å². The Balaban J connectivity index is 2.88. The minimum absolute atomic E-state index is 0.689. The standard InChI is InChI=1S/C8H11NO3S/c1-5-3-6(2)8(4-7(5)9)13-12-11-10/h3-4,10H,9H2,1-2H3. The Morgan fingerprint density at radius 1 is 1.31 bits per heavy atom. The van der Waals surface area contributed by atoms with E-state index < -0.39 is 0 Å². The third kappa shape index (κ3) is 2.60. The highest BCUT2D eigenvalue weighted by Gasteiger charge is 2.03. The molecule has 0 aliphatic rings. The molecule has 72 valence electrons. The second-order valence-corrected chi connectivity index (χ2v) is 3.44. The van der Waals surface area contributed by atoms with Gasteiger partial charge in [0.25, 0.3) is 0 Å². The first-order valence-corrected chi connectivity index (χ1v) is 4.40. The highest BCUT2D eigenvalue weighted by Crippen LogP contribution is 2.27. The van der Waals surface area contributed by atoms with Gasteiger partial charge in [0.1, 0.15) is 0 Å². The van der Waals surface area contributed by atoms with Crippen molar-refractivity contribution < 1.29 is 14.6 Å². The molecule has 0 bridgehead atoms. The van der Waals surface area contributed by atoms with Crippen molar-refractivity contribution in [1.82, 2.24) is 0 Å². The van der Waals surface area contributed by atoms with E-state index in [9.17, 15) is 0 Å². The molecule has 0 aliphatic heterocycles. The molecule has 0 amide bonds. The van der Waals surface area contributed by atoms with E-state index in [1.807, 2.05) is 19.9 Å². The van der Waals surface area contributed by atoms with Crippen molar-refractivity contribution in [3.63, 3.8) is 0 Å². The summed E-state index contributed by atoms with van der Waals surface area (Å²) in [6, 6.07) is 3.72. The number of rotatable bonds is 3. The molecule has 0 atom stereocenters. The molecule has 13 heavy (non-hydrogen) atoms. The summed E-state index contributed by atoms with van der Waals surface area (Å²) in [5.74, 6) is 0. The zero-order valence-corrected chi connectivity index (χ0v) is 8.22. The zero-order valence-electron chi connectivity index (χ0n) is 7.40. The van der Waals surface area contributed by atoms with E-state index in [-0.39, 0.29) is 0 Å². The van der Waals surface area contributed by atoms with Gasteiger partial charge < -0.3 is 5.73 Å². The fraction of sp³-hybridized carbons (Fsp3) is 0.250. The Labute approximate surface area is 80.7 Å². The topological polar surface area (TPSA) is 64.7 Å². The summed E-state index contributed by atoms with van der Waals surface area (Å²) in [6.07, 6.45) is 0. The van der Waals surface area contributed by atoms with E-state index in [2.05, 4.69) is 9.37 Å². The number of aryl methyl sites for hydroxylation is 2. The summed E-state index contributed by atoms with van der Waals surface area (Å²) >= 11 is 0.918. The number of anilines is 1. The van der Waals surface area contributed by atoms with Crippen molar-refractivity contribution >= 4 is 17.7 Å². The van der Waals surface area contributed by atoms with Gasteiger partial charge in [-0.3, -0.25) is 0 Å². The fourth-order valence-corrected chi connectivity index (χ4v) is 1.46. The quantitative estimate of drug-likeness (QED) is 0.340. The maximum Gasteiger partial charge on any atom is 0.0718 e. The van der Waals surface area contributed by atoms with Gasteiger partial charge in [-0.05, 0) is 31.0 Å². The molecule has 0 saturated carbocycles. The average Bonchev–Trinajstić information content (AvgIpc) is 2.09. The molecule has 0 saturated heterocycles. The molecular weight excluding hydrogens is 190 g/mol. The van der Waals surface area contributed by atoms with Crippen LogP contribution in [0.3, 0.4) is 0 Å². The summed E-state index contributed by atoms with van der Waals surface area (Å²) in [6.45, 7) is 3.86. The minimum Gasteiger partial charge on any atom is -0.398 e.